The first-order chi connectivity index (χ1) is 15.5. The van der Waals surface area contributed by atoms with E-state index in [4.69, 9.17) is 22.9 Å². The van der Waals surface area contributed by atoms with Crippen molar-refractivity contribution in [3.8, 4) is 0 Å². The Bertz CT molecular complexity index is 1160. The number of anilines is 1. The highest BCUT2D eigenvalue weighted by Gasteiger charge is 2.21. The van der Waals surface area contributed by atoms with Crippen molar-refractivity contribution in [2.75, 3.05) is 18.5 Å². The summed E-state index contributed by atoms with van der Waals surface area (Å²) < 4.78 is 31.6. The van der Waals surface area contributed by atoms with Gasteiger partial charge in [0.05, 0.1) is 34.0 Å². The summed E-state index contributed by atoms with van der Waals surface area (Å²) in [6.07, 6.45) is 1.62. The SMILES string of the molecule is N=C1CCCN1CC(=NNc1ccc([N+](=O)[O-])cc1[N+](=O)[O-])c1ccccc1.O=S(=O)(O)O. The standard InChI is InChI=1S/C18H18N6O4.H2O4S/c19-18-7-4-10-22(18)12-16(13-5-2-1-3-6-13)21-20-15-9-8-14(23(25)26)11-17(15)24(27)28;1-5(2,3)4/h1-3,5-6,8-9,11,19-20H,4,7,10,12H2;(H2,1,2,3,4). The van der Waals surface area contributed by atoms with Crippen LogP contribution in [0.15, 0.2) is 53.6 Å². The number of likely N-dealkylation sites (tertiary alicyclic amines) is 1. The van der Waals surface area contributed by atoms with Crippen molar-refractivity contribution in [1.29, 1.82) is 5.41 Å². The van der Waals surface area contributed by atoms with Crippen LogP contribution in [0.3, 0.4) is 0 Å². The summed E-state index contributed by atoms with van der Waals surface area (Å²) in [5, 5.41) is 34.5. The van der Waals surface area contributed by atoms with Crippen LogP contribution in [0.1, 0.15) is 18.4 Å². The highest BCUT2D eigenvalue weighted by Crippen LogP contribution is 2.29. The molecule has 0 unspecified atom stereocenters. The van der Waals surface area contributed by atoms with Gasteiger partial charge in [0.2, 0.25) is 0 Å². The molecule has 15 heteroatoms. The zero-order valence-corrected chi connectivity index (χ0v) is 17.8. The fourth-order valence-electron chi connectivity index (χ4n) is 2.91. The zero-order chi connectivity index (χ0) is 24.6. The molecule has 0 bridgehead atoms. The Balaban J connectivity index is 0.000000696. The van der Waals surface area contributed by atoms with E-state index in [1.165, 1.54) is 12.1 Å². The predicted octanol–water partition coefficient (Wildman–Crippen LogP) is 2.74. The highest BCUT2D eigenvalue weighted by atomic mass is 32.3. The molecule has 1 saturated heterocycles. The topological polar surface area (TPSA) is 212 Å². The molecule has 14 nitrogen and oxygen atoms in total. The van der Waals surface area contributed by atoms with Gasteiger partial charge in [0.25, 0.3) is 5.69 Å². The van der Waals surface area contributed by atoms with Crippen LogP contribution in [-0.2, 0) is 10.4 Å². The number of hydrogen-bond donors (Lipinski definition) is 4. The number of nitro benzene ring substituents is 2. The van der Waals surface area contributed by atoms with Gasteiger partial charge in [-0.2, -0.15) is 13.5 Å². The molecule has 4 N–H and O–H groups in total. The van der Waals surface area contributed by atoms with E-state index in [-0.39, 0.29) is 11.4 Å². The van der Waals surface area contributed by atoms with Crippen molar-refractivity contribution in [3.05, 3.63) is 74.3 Å². The Kier molecular flexibility index (Phi) is 8.49. The summed E-state index contributed by atoms with van der Waals surface area (Å²) in [6, 6.07) is 12.7. The molecule has 0 radical (unpaired) electrons. The van der Waals surface area contributed by atoms with Crippen molar-refractivity contribution in [2.24, 2.45) is 5.10 Å². The summed E-state index contributed by atoms with van der Waals surface area (Å²) in [4.78, 5) is 22.7. The number of amidine groups is 1. The Morgan fingerprint density at radius 3 is 2.27 bits per heavy atom. The number of non-ortho nitro benzene ring substituents is 1. The molecule has 2 aromatic rings. The summed E-state index contributed by atoms with van der Waals surface area (Å²) in [7, 11) is -4.67. The molecule has 1 aliphatic heterocycles. The number of nitrogens with zero attached hydrogens (tertiary/aromatic N) is 4. The lowest BCUT2D eigenvalue weighted by Gasteiger charge is -2.19. The van der Waals surface area contributed by atoms with Crippen LogP contribution in [-0.4, -0.2) is 56.9 Å². The number of benzene rings is 2. The summed E-state index contributed by atoms with van der Waals surface area (Å²) >= 11 is 0. The predicted molar refractivity (Wildman–Crippen MR) is 119 cm³/mol. The van der Waals surface area contributed by atoms with Crippen molar-refractivity contribution in [1.82, 2.24) is 4.90 Å². The molecule has 0 aromatic heterocycles. The van der Waals surface area contributed by atoms with Gasteiger partial charge in [0.15, 0.2) is 0 Å². The quantitative estimate of drug-likeness (QED) is 0.197. The minimum Gasteiger partial charge on any atom is -0.355 e. The smallest absolute Gasteiger partial charge is 0.355 e. The fraction of sp³-hybridized carbons (Fsp3) is 0.222. The Labute approximate surface area is 187 Å². The van der Waals surface area contributed by atoms with Crippen LogP contribution in [0.25, 0.3) is 0 Å². The fourth-order valence-corrected chi connectivity index (χ4v) is 2.91. The van der Waals surface area contributed by atoms with E-state index in [0.717, 1.165) is 24.6 Å². The number of nitrogens with one attached hydrogen (secondary N) is 2. The number of hydrogen-bond acceptors (Lipinski definition) is 9. The summed E-state index contributed by atoms with van der Waals surface area (Å²) in [5.41, 5.74) is 3.36. The number of hydrazone groups is 1. The number of rotatable bonds is 7. The molecule has 0 atom stereocenters. The minimum absolute atomic E-state index is 0.0560. The molecular weight excluding hydrogens is 460 g/mol. The van der Waals surface area contributed by atoms with E-state index in [2.05, 4.69) is 10.5 Å². The van der Waals surface area contributed by atoms with Crippen LogP contribution >= 0.6 is 0 Å². The molecule has 176 valence electrons. The van der Waals surface area contributed by atoms with Crippen LogP contribution in [0.2, 0.25) is 0 Å². The van der Waals surface area contributed by atoms with E-state index >= 15 is 0 Å². The van der Waals surface area contributed by atoms with Crippen molar-refractivity contribution in [3.63, 3.8) is 0 Å². The van der Waals surface area contributed by atoms with Gasteiger partial charge in [0.1, 0.15) is 5.69 Å². The lowest BCUT2D eigenvalue weighted by atomic mass is 10.1. The summed E-state index contributed by atoms with van der Waals surface area (Å²) in [5.74, 6) is 0.532. The van der Waals surface area contributed by atoms with Gasteiger partial charge in [0, 0.05) is 19.0 Å². The first kappa shape index (κ1) is 25.3. The average Bonchev–Trinajstić information content (AvgIpc) is 3.14. The summed E-state index contributed by atoms with van der Waals surface area (Å²) in [6.45, 7) is 1.14. The van der Waals surface area contributed by atoms with E-state index in [9.17, 15) is 20.2 Å². The molecule has 33 heavy (non-hydrogen) atoms. The largest absolute Gasteiger partial charge is 0.394 e. The first-order valence-electron chi connectivity index (χ1n) is 9.29. The normalized spacial score (nSPS) is 13.8. The molecular formula is C18H20N6O8S. The molecule has 0 spiro atoms. The van der Waals surface area contributed by atoms with E-state index < -0.39 is 25.9 Å². The molecule has 0 saturated carbocycles. The third-order valence-electron chi connectivity index (χ3n) is 4.37. The third kappa shape index (κ3) is 8.24. The second kappa shape index (κ2) is 11.1. The number of nitro groups is 2. The van der Waals surface area contributed by atoms with Gasteiger partial charge in [-0.25, -0.2) is 0 Å². The third-order valence-corrected chi connectivity index (χ3v) is 4.37. The van der Waals surface area contributed by atoms with E-state index in [0.29, 0.717) is 24.5 Å². The molecule has 3 rings (SSSR count). The van der Waals surface area contributed by atoms with Gasteiger partial charge < -0.3 is 4.90 Å². The Morgan fingerprint density at radius 2 is 1.76 bits per heavy atom. The minimum atomic E-state index is -4.67. The molecule has 1 heterocycles. The maximum Gasteiger partial charge on any atom is 0.394 e. The van der Waals surface area contributed by atoms with Crippen molar-refractivity contribution < 1.29 is 27.4 Å². The Morgan fingerprint density at radius 1 is 1.12 bits per heavy atom. The van der Waals surface area contributed by atoms with Crippen LogP contribution < -0.4 is 5.43 Å². The van der Waals surface area contributed by atoms with E-state index in [1.54, 1.807) is 0 Å². The second-order valence-electron chi connectivity index (χ2n) is 6.67. The van der Waals surface area contributed by atoms with Gasteiger partial charge in [-0.1, -0.05) is 30.3 Å². The van der Waals surface area contributed by atoms with Crippen LogP contribution in [0.5, 0.6) is 0 Å². The molecule has 1 fully saturated rings. The van der Waals surface area contributed by atoms with Crippen molar-refractivity contribution in [2.45, 2.75) is 12.8 Å². The van der Waals surface area contributed by atoms with Crippen LogP contribution in [0.4, 0.5) is 17.1 Å². The van der Waals surface area contributed by atoms with Gasteiger partial charge in [-0.05, 0) is 18.1 Å². The maximum atomic E-state index is 11.3. The zero-order valence-electron chi connectivity index (χ0n) is 17.0. The molecule has 1 aliphatic rings. The van der Waals surface area contributed by atoms with Gasteiger partial charge >= 0.3 is 16.1 Å². The molecule has 0 aliphatic carbocycles. The van der Waals surface area contributed by atoms with Gasteiger partial charge in [-0.3, -0.25) is 40.2 Å². The lowest BCUT2D eigenvalue weighted by molar-refractivity contribution is -0.393. The second-order valence-corrected chi connectivity index (χ2v) is 7.57. The van der Waals surface area contributed by atoms with Gasteiger partial charge in [-0.15, -0.1) is 0 Å². The maximum absolute atomic E-state index is 11.3. The van der Waals surface area contributed by atoms with E-state index in [1.807, 2.05) is 35.2 Å². The highest BCUT2D eigenvalue weighted by molar-refractivity contribution is 7.79. The monoisotopic (exact) mass is 480 g/mol. The van der Waals surface area contributed by atoms with Crippen molar-refractivity contribution >= 4 is 39.0 Å². The molecule has 0 amide bonds. The lowest BCUT2D eigenvalue weighted by Crippen LogP contribution is -2.31. The average molecular weight is 480 g/mol. The first-order valence-corrected chi connectivity index (χ1v) is 10.7. The van der Waals surface area contributed by atoms with Crippen LogP contribution in [0, 0.1) is 25.6 Å². The molecule has 2 aromatic carbocycles. The Hall–Kier alpha value is -3.95.